The molecule has 0 N–H and O–H groups in total. The van der Waals surface area contributed by atoms with Gasteiger partial charge in [-0.2, -0.15) is 10.2 Å². The molecule has 0 fully saturated rings. The first kappa shape index (κ1) is 18.6. The Kier molecular flexibility index (Phi) is 4.36. The molecular weight excluding hydrogens is 392 g/mol. The molecular formula is C28H22N4. The molecule has 4 heterocycles. The Hall–Kier alpha value is -4.18. The zero-order valence-electron chi connectivity index (χ0n) is 17.8. The monoisotopic (exact) mass is 414 g/mol. The fraction of sp³-hybridized carbons (Fsp3) is 0.0714. The van der Waals surface area contributed by atoms with Crippen LogP contribution in [0.4, 0.5) is 0 Å². The molecule has 154 valence electrons. The molecule has 0 aliphatic heterocycles. The average Bonchev–Trinajstić information content (AvgIpc) is 3.44. The van der Waals surface area contributed by atoms with Gasteiger partial charge in [-0.15, -0.1) is 0 Å². The molecule has 2 aromatic carbocycles. The van der Waals surface area contributed by atoms with Crippen LogP contribution in [-0.4, -0.2) is 19.2 Å². The highest BCUT2D eigenvalue weighted by atomic mass is 15.2. The molecule has 0 atom stereocenters. The zero-order valence-corrected chi connectivity index (χ0v) is 17.8. The van der Waals surface area contributed by atoms with E-state index in [1.165, 1.54) is 11.1 Å². The van der Waals surface area contributed by atoms with Gasteiger partial charge in [0.2, 0.25) is 0 Å². The van der Waals surface area contributed by atoms with E-state index in [0.29, 0.717) is 0 Å². The van der Waals surface area contributed by atoms with Crippen molar-refractivity contribution in [2.45, 2.75) is 12.8 Å². The minimum absolute atomic E-state index is 0.0835. The summed E-state index contributed by atoms with van der Waals surface area (Å²) in [5.41, 5.74) is 8.94. The van der Waals surface area contributed by atoms with E-state index in [1.807, 2.05) is 45.7 Å². The first-order chi connectivity index (χ1) is 15.8. The van der Waals surface area contributed by atoms with Crippen LogP contribution in [0, 0.1) is 0 Å². The molecule has 4 nitrogen and oxygen atoms in total. The molecule has 0 radical (unpaired) electrons. The molecule has 0 spiro atoms. The quantitative estimate of drug-likeness (QED) is 0.331. The maximum atomic E-state index is 4.99. The first-order valence-electron chi connectivity index (χ1n) is 10.9. The van der Waals surface area contributed by atoms with E-state index in [1.54, 1.807) is 0 Å². The molecule has 0 bridgehead atoms. The normalized spacial score (nSPS) is 11.6. The lowest BCUT2D eigenvalue weighted by atomic mass is 9.87. The summed E-state index contributed by atoms with van der Waals surface area (Å²) in [4.78, 5) is 0. The Bertz CT molecular complexity index is 1410. The van der Waals surface area contributed by atoms with Gasteiger partial charge in [-0.25, -0.2) is 9.03 Å². The Labute approximate surface area is 186 Å². The van der Waals surface area contributed by atoms with Gasteiger partial charge in [0.15, 0.2) is 0 Å². The van der Waals surface area contributed by atoms with E-state index in [4.69, 9.17) is 10.2 Å². The van der Waals surface area contributed by atoms with Gasteiger partial charge in [0.1, 0.15) is 0 Å². The van der Waals surface area contributed by atoms with Crippen LogP contribution < -0.4 is 0 Å². The summed E-state index contributed by atoms with van der Waals surface area (Å²) in [5, 5.41) is 9.97. The van der Waals surface area contributed by atoms with Crippen molar-refractivity contribution < 1.29 is 0 Å². The summed E-state index contributed by atoms with van der Waals surface area (Å²) >= 11 is 0. The largest absolute Gasteiger partial charge is 0.240 e. The highest BCUT2D eigenvalue weighted by Gasteiger charge is 2.26. The van der Waals surface area contributed by atoms with E-state index >= 15 is 0 Å². The second-order valence-electron chi connectivity index (χ2n) is 8.04. The minimum atomic E-state index is 0.0835. The predicted octanol–water partition coefficient (Wildman–Crippen LogP) is 6.47. The van der Waals surface area contributed by atoms with Crippen molar-refractivity contribution in [2.75, 3.05) is 0 Å². The van der Waals surface area contributed by atoms with Gasteiger partial charge in [-0.3, -0.25) is 0 Å². The van der Waals surface area contributed by atoms with Crippen LogP contribution in [0.25, 0.3) is 33.5 Å². The van der Waals surface area contributed by atoms with E-state index in [2.05, 4.69) is 79.7 Å². The molecule has 0 amide bonds. The smallest absolute Gasteiger partial charge is 0.0971 e. The first-order valence-corrected chi connectivity index (χ1v) is 10.9. The lowest BCUT2D eigenvalue weighted by Crippen LogP contribution is -2.00. The standard InChI is InChI=1S/C28H22N4/c1-20(25-23-16-8-10-18-31(23)29-27(25)21-12-4-2-5-13-21)26-24-17-9-11-19-32(24)30-28(26)22-14-6-3-7-15-22/h2-20H,1H3. The molecule has 4 aromatic heterocycles. The topological polar surface area (TPSA) is 34.6 Å². The SMILES string of the molecule is CC(c1c(-c2ccccc2)nn2ccccc12)c1c(-c2ccccc2)nn2ccccc12. The third-order valence-electron chi connectivity index (χ3n) is 6.12. The van der Waals surface area contributed by atoms with Crippen molar-refractivity contribution in [3.63, 3.8) is 0 Å². The fourth-order valence-electron chi connectivity index (χ4n) is 4.65. The molecule has 6 rings (SSSR count). The lowest BCUT2D eigenvalue weighted by molar-refractivity contribution is 0.947. The average molecular weight is 415 g/mol. The molecule has 6 aromatic rings. The van der Waals surface area contributed by atoms with Crippen molar-refractivity contribution in [2.24, 2.45) is 0 Å². The van der Waals surface area contributed by atoms with E-state index in [-0.39, 0.29) is 5.92 Å². The summed E-state index contributed by atoms with van der Waals surface area (Å²) in [6.45, 7) is 2.27. The third-order valence-corrected chi connectivity index (χ3v) is 6.12. The number of aromatic nitrogens is 4. The van der Waals surface area contributed by atoms with Gasteiger partial charge in [0.05, 0.1) is 22.4 Å². The van der Waals surface area contributed by atoms with Gasteiger partial charge in [-0.05, 0) is 24.3 Å². The van der Waals surface area contributed by atoms with Gasteiger partial charge < -0.3 is 0 Å². The minimum Gasteiger partial charge on any atom is -0.240 e. The van der Waals surface area contributed by atoms with Crippen molar-refractivity contribution in [1.82, 2.24) is 19.2 Å². The Balaban J connectivity index is 1.65. The molecule has 32 heavy (non-hydrogen) atoms. The van der Waals surface area contributed by atoms with Crippen LogP contribution in [0.15, 0.2) is 109 Å². The van der Waals surface area contributed by atoms with Crippen LogP contribution >= 0.6 is 0 Å². The molecule has 0 aliphatic carbocycles. The van der Waals surface area contributed by atoms with E-state index < -0.39 is 0 Å². The third kappa shape index (κ3) is 2.92. The molecule has 0 aliphatic rings. The second kappa shape index (κ2) is 7.50. The van der Waals surface area contributed by atoms with Crippen molar-refractivity contribution in [3.8, 4) is 22.5 Å². The maximum absolute atomic E-state index is 4.99. The summed E-state index contributed by atoms with van der Waals surface area (Å²) in [6, 6.07) is 33.4. The Morgan fingerprint density at radius 1 is 0.531 bits per heavy atom. The summed E-state index contributed by atoms with van der Waals surface area (Å²) in [5.74, 6) is 0.0835. The highest BCUT2D eigenvalue weighted by molar-refractivity contribution is 5.80. The number of hydrogen-bond acceptors (Lipinski definition) is 2. The molecule has 0 unspecified atom stereocenters. The predicted molar refractivity (Wildman–Crippen MR) is 129 cm³/mol. The van der Waals surface area contributed by atoms with Crippen LogP contribution in [0.3, 0.4) is 0 Å². The van der Waals surface area contributed by atoms with Crippen LogP contribution in [0.2, 0.25) is 0 Å². The van der Waals surface area contributed by atoms with E-state index in [0.717, 1.165) is 33.5 Å². The fourth-order valence-corrected chi connectivity index (χ4v) is 4.65. The van der Waals surface area contributed by atoms with Gasteiger partial charge >= 0.3 is 0 Å². The summed E-state index contributed by atoms with van der Waals surface area (Å²) in [7, 11) is 0. The van der Waals surface area contributed by atoms with Gasteiger partial charge in [0, 0.05) is 40.6 Å². The van der Waals surface area contributed by atoms with Crippen LogP contribution in [0.1, 0.15) is 24.0 Å². The Morgan fingerprint density at radius 3 is 1.38 bits per heavy atom. The van der Waals surface area contributed by atoms with Crippen molar-refractivity contribution in [1.29, 1.82) is 0 Å². The second-order valence-corrected chi connectivity index (χ2v) is 8.04. The number of hydrogen-bond donors (Lipinski definition) is 0. The lowest BCUT2D eigenvalue weighted by Gasteiger charge is -2.14. The summed E-state index contributed by atoms with van der Waals surface area (Å²) < 4.78 is 3.98. The molecule has 0 saturated heterocycles. The summed E-state index contributed by atoms with van der Waals surface area (Å²) in [6.07, 6.45) is 4.04. The van der Waals surface area contributed by atoms with Crippen LogP contribution in [-0.2, 0) is 0 Å². The number of pyridine rings is 2. The number of rotatable bonds is 4. The van der Waals surface area contributed by atoms with Crippen molar-refractivity contribution in [3.05, 3.63) is 121 Å². The van der Waals surface area contributed by atoms with Gasteiger partial charge in [-0.1, -0.05) is 79.7 Å². The Morgan fingerprint density at radius 2 is 0.938 bits per heavy atom. The van der Waals surface area contributed by atoms with Crippen molar-refractivity contribution >= 4 is 11.0 Å². The zero-order chi connectivity index (χ0) is 21.5. The molecule has 0 saturated carbocycles. The highest BCUT2D eigenvalue weighted by Crippen LogP contribution is 2.41. The van der Waals surface area contributed by atoms with E-state index in [9.17, 15) is 0 Å². The van der Waals surface area contributed by atoms with Gasteiger partial charge in [0.25, 0.3) is 0 Å². The number of fused-ring (bicyclic) bond motifs is 2. The number of nitrogens with zero attached hydrogens (tertiary/aromatic N) is 4. The number of benzene rings is 2. The molecule has 4 heteroatoms. The van der Waals surface area contributed by atoms with Crippen LogP contribution in [0.5, 0.6) is 0 Å². The maximum Gasteiger partial charge on any atom is 0.0971 e.